The van der Waals surface area contributed by atoms with E-state index in [1.807, 2.05) is 74.4 Å². The Morgan fingerprint density at radius 3 is 2.12 bits per heavy atom. The number of rotatable bonds is 9. The number of para-hydroxylation sites is 2. The van der Waals surface area contributed by atoms with Crippen molar-refractivity contribution in [2.75, 3.05) is 41.6 Å². The zero-order valence-corrected chi connectivity index (χ0v) is 22.5. The minimum absolute atomic E-state index is 0.218. The molecule has 4 N–H and O–H groups in total. The second-order valence-electron chi connectivity index (χ2n) is 9.30. The lowest BCUT2D eigenvalue weighted by Crippen LogP contribution is -2.14. The quantitative estimate of drug-likeness (QED) is 0.177. The van der Waals surface area contributed by atoms with E-state index in [2.05, 4.69) is 25.9 Å². The third-order valence-corrected chi connectivity index (χ3v) is 6.23. The maximum Gasteiger partial charge on any atom is 0.255 e. The lowest BCUT2D eigenvalue weighted by atomic mass is 10.1. The molecule has 2 amide bonds. The van der Waals surface area contributed by atoms with Gasteiger partial charge in [-0.25, -0.2) is 4.98 Å². The molecule has 202 valence electrons. The first-order valence-corrected chi connectivity index (χ1v) is 12.9. The summed E-state index contributed by atoms with van der Waals surface area (Å²) in [6.07, 6.45) is 0. The minimum atomic E-state index is -0.268. The number of benzene rings is 4. The molecule has 0 fully saturated rings. The number of amides is 2. The highest BCUT2D eigenvalue weighted by atomic mass is 16.5. The molecule has 0 aliphatic heterocycles. The number of imidazole rings is 1. The van der Waals surface area contributed by atoms with Gasteiger partial charge in [-0.1, -0.05) is 12.1 Å². The van der Waals surface area contributed by atoms with Crippen LogP contribution in [0.2, 0.25) is 0 Å². The molecule has 0 saturated heterocycles. The van der Waals surface area contributed by atoms with Gasteiger partial charge in [0.05, 0.1) is 23.3 Å². The van der Waals surface area contributed by atoms with Gasteiger partial charge in [0.1, 0.15) is 5.75 Å². The summed E-state index contributed by atoms with van der Waals surface area (Å²) in [5, 5.41) is 9.03. The first-order chi connectivity index (χ1) is 19.4. The Hall–Kier alpha value is -5.31. The number of carbonyl (C=O) groups excluding carboxylic acids is 2. The van der Waals surface area contributed by atoms with Crippen molar-refractivity contribution in [1.82, 2.24) is 9.97 Å². The number of aromatic amines is 1. The van der Waals surface area contributed by atoms with Gasteiger partial charge in [-0.05, 0) is 85.8 Å². The maximum absolute atomic E-state index is 12.9. The number of H-pyrrole nitrogens is 1. The highest BCUT2D eigenvalue weighted by Crippen LogP contribution is 2.28. The molecule has 0 atom stereocenters. The lowest BCUT2D eigenvalue weighted by Gasteiger charge is -2.12. The second-order valence-corrected chi connectivity index (χ2v) is 9.30. The Morgan fingerprint density at radius 1 is 0.825 bits per heavy atom. The molecule has 0 aliphatic carbocycles. The van der Waals surface area contributed by atoms with E-state index >= 15 is 0 Å². The van der Waals surface area contributed by atoms with E-state index in [4.69, 9.17) is 4.74 Å². The predicted molar refractivity (Wildman–Crippen MR) is 160 cm³/mol. The Balaban J connectivity index is 1.22. The molecule has 5 rings (SSSR count). The number of fused-ring (bicyclic) bond motifs is 1. The molecule has 0 unspecified atom stereocenters. The first-order valence-electron chi connectivity index (χ1n) is 12.9. The normalized spacial score (nSPS) is 10.7. The van der Waals surface area contributed by atoms with Gasteiger partial charge < -0.3 is 30.6 Å². The van der Waals surface area contributed by atoms with Crippen LogP contribution in [-0.2, 0) is 0 Å². The van der Waals surface area contributed by atoms with Crippen LogP contribution in [0.4, 0.5) is 28.7 Å². The van der Waals surface area contributed by atoms with Crippen molar-refractivity contribution in [1.29, 1.82) is 0 Å². The number of aromatic nitrogens is 2. The van der Waals surface area contributed by atoms with E-state index < -0.39 is 0 Å². The predicted octanol–water partition coefficient (Wildman–Crippen LogP) is 6.28. The molecule has 0 bridgehead atoms. The largest absolute Gasteiger partial charge is 0.492 e. The highest BCUT2D eigenvalue weighted by molar-refractivity contribution is 6.06. The van der Waals surface area contributed by atoms with Crippen LogP contribution in [0.25, 0.3) is 11.0 Å². The van der Waals surface area contributed by atoms with Gasteiger partial charge in [0.15, 0.2) is 0 Å². The van der Waals surface area contributed by atoms with Gasteiger partial charge in [0.2, 0.25) is 5.95 Å². The van der Waals surface area contributed by atoms with Crippen LogP contribution in [-0.4, -0.2) is 42.5 Å². The third kappa shape index (κ3) is 6.05. The zero-order chi connectivity index (χ0) is 28.1. The van der Waals surface area contributed by atoms with E-state index in [1.54, 1.807) is 42.5 Å². The van der Waals surface area contributed by atoms with E-state index in [1.165, 1.54) is 0 Å². The summed E-state index contributed by atoms with van der Waals surface area (Å²) in [6, 6.07) is 27.2. The Kier molecular flexibility index (Phi) is 7.63. The average Bonchev–Trinajstić information content (AvgIpc) is 3.36. The minimum Gasteiger partial charge on any atom is -0.492 e. The average molecular weight is 535 g/mol. The van der Waals surface area contributed by atoms with E-state index in [-0.39, 0.29) is 11.8 Å². The topological polar surface area (TPSA) is 111 Å². The molecular weight excluding hydrogens is 504 g/mol. The van der Waals surface area contributed by atoms with Crippen molar-refractivity contribution in [3.8, 4) is 5.75 Å². The molecule has 0 spiro atoms. The van der Waals surface area contributed by atoms with Crippen LogP contribution in [0.3, 0.4) is 0 Å². The van der Waals surface area contributed by atoms with Gasteiger partial charge in [-0.2, -0.15) is 0 Å². The van der Waals surface area contributed by atoms with Crippen molar-refractivity contribution in [2.24, 2.45) is 0 Å². The number of hydrogen-bond acceptors (Lipinski definition) is 6. The summed E-state index contributed by atoms with van der Waals surface area (Å²) in [4.78, 5) is 35.3. The SMILES string of the molecule is CCOc1ccccc1Nc1nc2cc(NC(=O)c3ccc(NC(=O)c4ccc(N(C)C)cc4)cc3)ccc2[nH]1. The van der Waals surface area contributed by atoms with Gasteiger partial charge in [-0.15, -0.1) is 0 Å². The van der Waals surface area contributed by atoms with Crippen LogP contribution in [0.15, 0.2) is 91.0 Å². The summed E-state index contributed by atoms with van der Waals surface area (Å²) in [5.41, 5.74) is 5.57. The highest BCUT2D eigenvalue weighted by Gasteiger charge is 2.11. The summed E-state index contributed by atoms with van der Waals surface area (Å²) in [7, 11) is 3.89. The van der Waals surface area contributed by atoms with E-state index in [0.717, 1.165) is 22.6 Å². The molecule has 0 radical (unpaired) electrons. The standard InChI is InChI=1S/C31H30N6O3/c1-4-40-28-8-6-5-7-26(28)35-31-34-25-18-15-23(19-27(25)36-31)33-30(39)20-9-13-22(14-10-20)32-29(38)21-11-16-24(17-12-21)37(2)3/h5-19H,4H2,1-3H3,(H,32,38)(H,33,39)(H2,34,35,36). The molecule has 1 aromatic heterocycles. The lowest BCUT2D eigenvalue weighted by molar-refractivity contribution is 0.102. The smallest absolute Gasteiger partial charge is 0.255 e. The molecule has 0 saturated carbocycles. The van der Waals surface area contributed by atoms with Gasteiger partial charge in [0.25, 0.3) is 11.8 Å². The second kappa shape index (κ2) is 11.6. The van der Waals surface area contributed by atoms with E-state index in [0.29, 0.717) is 40.6 Å². The number of carbonyl (C=O) groups is 2. The van der Waals surface area contributed by atoms with Gasteiger partial charge in [-0.3, -0.25) is 9.59 Å². The third-order valence-electron chi connectivity index (χ3n) is 6.23. The number of ether oxygens (including phenoxy) is 1. The fraction of sp³-hybridized carbons (Fsp3) is 0.129. The van der Waals surface area contributed by atoms with Crippen LogP contribution < -0.4 is 25.6 Å². The van der Waals surface area contributed by atoms with Crippen molar-refractivity contribution in [3.63, 3.8) is 0 Å². The molecule has 40 heavy (non-hydrogen) atoms. The molecule has 1 heterocycles. The van der Waals surface area contributed by atoms with Crippen molar-refractivity contribution in [3.05, 3.63) is 102 Å². The summed E-state index contributed by atoms with van der Waals surface area (Å²) >= 11 is 0. The van der Waals surface area contributed by atoms with Crippen molar-refractivity contribution in [2.45, 2.75) is 6.92 Å². The monoisotopic (exact) mass is 534 g/mol. The number of hydrogen-bond donors (Lipinski definition) is 4. The molecule has 5 aromatic rings. The summed E-state index contributed by atoms with van der Waals surface area (Å²) in [6.45, 7) is 2.50. The van der Waals surface area contributed by atoms with Crippen LogP contribution >= 0.6 is 0 Å². The van der Waals surface area contributed by atoms with Crippen molar-refractivity contribution < 1.29 is 14.3 Å². The molecule has 0 aliphatic rings. The fourth-order valence-electron chi connectivity index (χ4n) is 4.14. The van der Waals surface area contributed by atoms with Crippen LogP contribution in [0.1, 0.15) is 27.6 Å². The molecule has 9 nitrogen and oxygen atoms in total. The zero-order valence-electron chi connectivity index (χ0n) is 22.5. The fourth-order valence-corrected chi connectivity index (χ4v) is 4.14. The number of nitrogens with zero attached hydrogens (tertiary/aromatic N) is 2. The van der Waals surface area contributed by atoms with Crippen molar-refractivity contribution >= 4 is 51.5 Å². The van der Waals surface area contributed by atoms with Crippen LogP contribution in [0.5, 0.6) is 5.75 Å². The Labute approximate surface area is 232 Å². The molecule has 9 heteroatoms. The Bertz CT molecular complexity index is 1640. The molecular formula is C31H30N6O3. The maximum atomic E-state index is 12.9. The summed E-state index contributed by atoms with van der Waals surface area (Å²) < 4.78 is 5.67. The Morgan fingerprint density at radius 2 is 1.45 bits per heavy atom. The number of nitrogens with one attached hydrogen (secondary N) is 4. The van der Waals surface area contributed by atoms with Crippen LogP contribution in [0, 0.1) is 0 Å². The summed E-state index contributed by atoms with van der Waals surface area (Å²) in [5.74, 6) is 0.820. The number of anilines is 5. The van der Waals surface area contributed by atoms with E-state index in [9.17, 15) is 9.59 Å². The first kappa shape index (κ1) is 26.3. The van der Waals surface area contributed by atoms with Gasteiger partial charge >= 0.3 is 0 Å². The van der Waals surface area contributed by atoms with Gasteiger partial charge in [0, 0.05) is 42.3 Å². The molecule has 4 aromatic carbocycles.